The molecule has 0 saturated carbocycles. The number of fused-ring (bicyclic) bond motifs is 3. The Kier molecular flexibility index (Phi) is 4.95. The molecule has 0 radical (unpaired) electrons. The third kappa shape index (κ3) is 3.64. The smallest absolute Gasteiger partial charge is 0.441 e. The lowest BCUT2D eigenvalue weighted by Gasteiger charge is -2.15. The highest BCUT2D eigenvalue weighted by atomic mass is 31.2. The fourth-order valence-corrected chi connectivity index (χ4v) is 4.42. The molecule has 0 unspecified atom stereocenters. The second kappa shape index (κ2) is 7.58. The van der Waals surface area contributed by atoms with Crippen molar-refractivity contribution < 1.29 is 28.7 Å². The van der Waals surface area contributed by atoms with Gasteiger partial charge in [-0.3, -0.25) is 4.90 Å². The van der Waals surface area contributed by atoms with Crippen LogP contribution in [0.4, 0.5) is 10.5 Å². The van der Waals surface area contributed by atoms with Gasteiger partial charge >= 0.3 is 14.3 Å². The van der Waals surface area contributed by atoms with Crippen LogP contribution >= 0.6 is 8.17 Å². The number of hydrogen-bond donors (Lipinski definition) is 3. The topological polar surface area (TPSA) is 143 Å². The summed E-state index contributed by atoms with van der Waals surface area (Å²) in [5, 5.41) is 8.17. The number of nitrogens with zero attached hydrogens (tertiary/aromatic N) is 5. The standard InChI is InChI=1S/C20H21N5O6P/c1-11-12(2)25(23-22-11)19-6-4-14(9-21-19)13-3-5-16-15(7-13)8-17-18(10-30-32(27,28)29)31-20(26)24(16)17/h3-7,9,17-18,27-29H,8,10H2,1-2H3/q+1/t17-,18-/m0/s1. The predicted octanol–water partition coefficient (Wildman–Crippen LogP) is 1.87. The van der Waals surface area contributed by atoms with Gasteiger partial charge in [0.15, 0.2) is 11.9 Å². The monoisotopic (exact) mass is 458 g/mol. The van der Waals surface area contributed by atoms with E-state index in [1.807, 2.05) is 44.2 Å². The summed E-state index contributed by atoms with van der Waals surface area (Å²) in [5.74, 6) is 0.676. The quantitative estimate of drug-likeness (QED) is 0.488. The van der Waals surface area contributed by atoms with Crippen LogP contribution in [0.5, 0.6) is 0 Å². The maximum absolute atomic E-state index is 12.4. The Morgan fingerprint density at radius 1 is 1.19 bits per heavy atom. The summed E-state index contributed by atoms with van der Waals surface area (Å²) in [7, 11) is -4.40. The molecule has 2 aliphatic rings. The first-order chi connectivity index (χ1) is 15.2. The molecule has 3 aromatic rings. The largest absolute Gasteiger partial charge is 0.567 e. The van der Waals surface area contributed by atoms with E-state index in [0.717, 1.165) is 33.8 Å². The molecule has 2 aliphatic heterocycles. The van der Waals surface area contributed by atoms with Crippen molar-refractivity contribution in [3.05, 3.63) is 53.5 Å². The Morgan fingerprint density at radius 3 is 2.62 bits per heavy atom. The van der Waals surface area contributed by atoms with Crippen LogP contribution in [-0.4, -0.2) is 59.5 Å². The van der Waals surface area contributed by atoms with Crippen LogP contribution in [0.15, 0.2) is 36.5 Å². The van der Waals surface area contributed by atoms with Crippen LogP contribution < -0.4 is 4.90 Å². The molecule has 12 heteroatoms. The summed E-state index contributed by atoms with van der Waals surface area (Å²) in [4.78, 5) is 45.6. The van der Waals surface area contributed by atoms with Crippen molar-refractivity contribution in [3.8, 4) is 16.9 Å². The van der Waals surface area contributed by atoms with E-state index in [4.69, 9.17) is 19.4 Å². The second-order valence-electron chi connectivity index (χ2n) is 7.79. The molecule has 2 aromatic heterocycles. The van der Waals surface area contributed by atoms with Crippen LogP contribution in [0, 0.1) is 13.8 Å². The maximum Gasteiger partial charge on any atom is 0.567 e. The maximum atomic E-state index is 12.4. The number of carbonyl (C=O) groups excluding carboxylic acids is 1. The van der Waals surface area contributed by atoms with Crippen molar-refractivity contribution in [2.45, 2.75) is 32.4 Å². The average molecular weight is 458 g/mol. The molecule has 1 saturated heterocycles. The molecular formula is C20H21N5O6P+. The molecule has 0 aliphatic carbocycles. The summed E-state index contributed by atoms with van der Waals surface area (Å²) >= 11 is 0. The second-order valence-corrected chi connectivity index (χ2v) is 9.08. The third-order valence-corrected chi connectivity index (χ3v) is 6.31. The number of anilines is 1. The zero-order valence-electron chi connectivity index (χ0n) is 17.3. The first-order valence-corrected chi connectivity index (χ1v) is 11.5. The highest BCUT2D eigenvalue weighted by molar-refractivity contribution is 7.53. The van der Waals surface area contributed by atoms with E-state index in [1.54, 1.807) is 10.9 Å². The van der Waals surface area contributed by atoms with Crippen LogP contribution in [-0.2, 0) is 15.7 Å². The van der Waals surface area contributed by atoms with E-state index in [1.165, 1.54) is 4.90 Å². The van der Waals surface area contributed by atoms with Gasteiger partial charge in [-0.25, -0.2) is 9.78 Å². The highest BCUT2D eigenvalue weighted by Gasteiger charge is 2.49. The van der Waals surface area contributed by atoms with Gasteiger partial charge in [0.1, 0.15) is 6.61 Å². The predicted molar refractivity (Wildman–Crippen MR) is 114 cm³/mol. The number of cyclic esters (lactones) is 1. The van der Waals surface area contributed by atoms with Gasteiger partial charge < -0.3 is 4.74 Å². The number of hydrogen-bond acceptors (Lipinski definition) is 9. The number of pyridine rings is 1. The van der Waals surface area contributed by atoms with Gasteiger partial charge in [-0.15, -0.1) is 9.62 Å². The van der Waals surface area contributed by atoms with Crippen LogP contribution in [0.3, 0.4) is 0 Å². The number of amides is 1. The summed E-state index contributed by atoms with van der Waals surface area (Å²) < 4.78 is 11.6. The third-order valence-electron chi connectivity index (χ3n) is 5.81. The highest BCUT2D eigenvalue weighted by Crippen LogP contribution is 2.47. The van der Waals surface area contributed by atoms with Gasteiger partial charge in [0.2, 0.25) is 0 Å². The molecule has 4 heterocycles. The molecule has 166 valence electrons. The summed E-state index contributed by atoms with van der Waals surface area (Å²) in [6.07, 6.45) is 1.03. The van der Waals surface area contributed by atoms with E-state index in [2.05, 4.69) is 19.8 Å². The average Bonchev–Trinajstić information content (AvgIpc) is 3.39. The van der Waals surface area contributed by atoms with Gasteiger partial charge in [-0.1, -0.05) is 11.3 Å². The van der Waals surface area contributed by atoms with Crippen molar-refractivity contribution in [2.24, 2.45) is 0 Å². The van der Waals surface area contributed by atoms with Gasteiger partial charge in [-0.2, -0.15) is 19.4 Å². The van der Waals surface area contributed by atoms with Crippen molar-refractivity contribution in [1.82, 2.24) is 20.0 Å². The number of benzene rings is 1. The number of rotatable bonds is 5. The van der Waals surface area contributed by atoms with Crippen molar-refractivity contribution in [2.75, 3.05) is 11.5 Å². The van der Waals surface area contributed by atoms with E-state index in [-0.39, 0.29) is 12.6 Å². The molecule has 2 atom stereocenters. The van der Waals surface area contributed by atoms with Crippen molar-refractivity contribution in [3.63, 3.8) is 0 Å². The number of aromatic nitrogens is 4. The summed E-state index contributed by atoms with van der Waals surface area (Å²) in [5.41, 5.74) is 5.33. The minimum atomic E-state index is -4.40. The number of aryl methyl sites for hydroxylation is 1. The Morgan fingerprint density at radius 2 is 1.97 bits per heavy atom. The first kappa shape index (κ1) is 20.9. The molecule has 32 heavy (non-hydrogen) atoms. The van der Waals surface area contributed by atoms with E-state index in [9.17, 15) is 4.79 Å². The Bertz CT molecular complexity index is 1190. The Hall–Kier alpha value is -2.95. The lowest BCUT2D eigenvalue weighted by Crippen LogP contribution is -2.35. The minimum absolute atomic E-state index is 0.308. The fraction of sp³-hybridized carbons (Fsp3) is 0.300. The summed E-state index contributed by atoms with van der Waals surface area (Å²) in [6.45, 7) is 3.52. The van der Waals surface area contributed by atoms with Crippen molar-refractivity contribution in [1.29, 1.82) is 0 Å². The van der Waals surface area contributed by atoms with Gasteiger partial charge in [0.05, 0.1) is 23.1 Å². The van der Waals surface area contributed by atoms with Gasteiger partial charge in [0.25, 0.3) is 0 Å². The Labute approximate surface area is 183 Å². The molecule has 3 N–H and O–H groups in total. The Balaban J connectivity index is 1.38. The lowest BCUT2D eigenvalue weighted by molar-refractivity contribution is 0.0659. The SMILES string of the molecule is Cc1nnn(-c2ccc(-c3ccc4c(c3)C[C@H]3[C@H](CO[P+](O)(O)O)OC(=O)N43)cn2)c1C. The van der Waals surface area contributed by atoms with E-state index < -0.39 is 20.4 Å². The van der Waals surface area contributed by atoms with Crippen LogP contribution in [0.1, 0.15) is 17.0 Å². The molecule has 0 spiro atoms. The van der Waals surface area contributed by atoms with E-state index in [0.29, 0.717) is 12.2 Å². The molecule has 1 aromatic carbocycles. The molecule has 1 amide bonds. The van der Waals surface area contributed by atoms with E-state index >= 15 is 0 Å². The molecule has 1 fully saturated rings. The normalized spacial score (nSPS) is 19.8. The zero-order valence-corrected chi connectivity index (χ0v) is 18.2. The van der Waals surface area contributed by atoms with Gasteiger partial charge in [-0.05, 0) is 55.7 Å². The molecule has 11 nitrogen and oxygen atoms in total. The van der Waals surface area contributed by atoms with Crippen LogP contribution in [0.2, 0.25) is 0 Å². The summed E-state index contributed by atoms with van der Waals surface area (Å²) in [6, 6.07) is 9.25. The molecular weight excluding hydrogens is 437 g/mol. The number of ether oxygens (including phenoxy) is 1. The van der Waals surface area contributed by atoms with Gasteiger partial charge in [0, 0.05) is 11.8 Å². The zero-order chi connectivity index (χ0) is 22.6. The molecule has 5 rings (SSSR count). The van der Waals surface area contributed by atoms with Crippen molar-refractivity contribution >= 4 is 20.0 Å². The molecule has 0 bridgehead atoms. The lowest BCUT2D eigenvalue weighted by atomic mass is 10.0. The van der Waals surface area contributed by atoms with Crippen LogP contribution in [0.25, 0.3) is 16.9 Å². The number of carbonyl (C=O) groups is 1. The fourth-order valence-electron chi connectivity index (χ4n) is 4.08. The first-order valence-electron chi connectivity index (χ1n) is 9.91. The minimum Gasteiger partial charge on any atom is -0.441 e.